The highest BCUT2D eigenvalue weighted by molar-refractivity contribution is 5.67. The van der Waals surface area contributed by atoms with Gasteiger partial charge in [0, 0.05) is 12.6 Å². The van der Waals surface area contributed by atoms with Crippen LogP contribution >= 0.6 is 0 Å². The molecule has 1 N–H and O–H groups in total. The molecular formula is C16H20FN3O3. The first kappa shape index (κ1) is 16.9. The average Bonchev–Trinajstić information content (AvgIpc) is 3.00. The Balaban J connectivity index is 1.73. The van der Waals surface area contributed by atoms with E-state index in [1.54, 1.807) is 10.9 Å². The topological polar surface area (TPSA) is 77.2 Å². The van der Waals surface area contributed by atoms with E-state index in [2.05, 4.69) is 10.3 Å². The Hall–Kier alpha value is -2.44. The monoisotopic (exact) mass is 321 g/mol. The van der Waals surface area contributed by atoms with Crippen molar-refractivity contribution in [2.75, 3.05) is 13.3 Å². The minimum absolute atomic E-state index is 0.122. The molecule has 2 aromatic rings. The molecule has 0 aliphatic heterocycles. The zero-order chi connectivity index (χ0) is 16.5. The number of aryl methyl sites for hydroxylation is 2. The standard InChI is InChI=1S/C16H20FN3O3/c17-9-1-2-14-12-20(19-18-14)10-11-23-15-6-3-13(4-7-15)5-8-16(21)22/h3-4,6-7,12H,1-2,5,8-11H2,(H,21,22). The lowest BCUT2D eigenvalue weighted by atomic mass is 10.1. The minimum Gasteiger partial charge on any atom is -0.492 e. The van der Waals surface area contributed by atoms with Crippen molar-refractivity contribution in [1.29, 1.82) is 0 Å². The summed E-state index contributed by atoms with van der Waals surface area (Å²) in [7, 11) is 0. The lowest BCUT2D eigenvalue weighted by Crippen LogP contribution is -2.08. The predicted octanol–water partition coefficient (Wildman–Crippen LogP) is 2.28. The second kappa shape index (κ2) is 8.87. The normalized spacial score (nSPS) is 10.7. The molecule has 0 saturated heterocycles. The van der Waals surface area contributed by atoms with Gasteiger partial charge in [-0.05, 0) is 37.0 Å². The minimum atomic E-state index is -0.802. The number of rotatable bonds is 10. The van der Waals surface area contributed by atoms with Crippen LogP contribution in [0.15, 0.2) is 30.5 Å². The van der Waals surface area contributed by atoms with Crippen LogP contribution in [-0.2, 0) is 24.2 Å². The second-order valence-electron chi connectivity index (χ2n) is 5.15. The van der Waals surface area contributed by atoms with Gasteiger partial charge in [0.05, 0.1) is 18.9 Å². The third kappa shape index (κ3) is 6.06. The van der Waals surface area contributed by atoms with Crippen molar-refractivity contribution >= 4 is 5.97 Å². The van der Waals surface area contributed by atoms with Gasteiger partial charge in [-0.15, -0.1) is 5.10 Å². The summed E-state index contributed by atoms with van der Waals surface area (Å²) in [5.74, 6) is -0.0779. The fraction of sp³-hybridized carbons (Fsp3) is 0.438. The molecule has 0 saturated carbocycles. The first-order valence-corrected chi connectivity index (χ1v) is 7.56. The van der Waals surface area contributed by atoms with Crippen molar-refractivity contribution in [3.63, 3.8) is 0 Å². The molecule has 6 nitrogen and oxygen atoms in total. The van der Waals surface area contributed by atoms with Gasteiger partial charge in [-0.2, -0.15) is 0 Å². The molecule has 7 heteroatoms. The summed E-state index contributed by atoms with van der Waals surface area (Å²) in [6, 6.07) is 7.38. The Bertz CT molecular complexity index is 613. The number of carboxylic acid groups (broad SMARTS) is 1. The molecular weight excluding hydrogens is 301 g/mol. The van der Waals surface area contributed by atoms with E-state index in [0.717, 1.165) is 17.0 Å². The van der Waals surface area contributed by atoms with Crippen LogP contribution in [0.25, 0.3) is 0 Å². The molecule has 0 aliphatic carbocycles. The number of alkyl halides is 1. The SMILES string of the molecule is O=C(O)CCc1ccc(OCCn2cc(CCCF)nn2)cc1. The van der Waals surface area contributed by atoms with Crippen molar-refractivity contribution in [3.05, 3.63) is 41.7 Å². The molecule has 0 unspecified atom stereocenters. The third-order valence-electron chi connectivity index (χ3n) is 3.29. The van der Waals surface area contributed by atoms with E-state index in [9.17, 15) is 9.18 Å². The molecule has 1 heterocycles. The second-order valence-corrected chi connectivity index (χ2v) is 5.15. The van der Waals surface area contributed by atoms with E-state index < -0.39 is 5.97 Å². The highest BCUT2D eigenvalue weighted by atomic mass is 19.1. The molecule has 124 valence electrons. The fourth-order valence-corrected chi connectivity index (χ4v) is 2.07. The number of nitrogens with zero attached hydrogens (tertiary/aromatic N) is 3. The molecule has 0 fully saturated rings. The zero-order valence-corrected chi connectivity index (χ0v) is 12.8. The van der Waals surface area contributed by atoms with Crippen LogP contribution in [-0.4, -0.2) is 39.4 Å². The van der Waals surface area contributed by atoms with Gasteiger partial charge in [0.2, 0.25) is 0 Å². The Labute approximate surface area is 133 Å². The van der Waals surface area contributed by atoms with Crippen LogP contribution in [0, 0.1) is 0 Å². The molecule has 23 heavy (non-hydrogen) atoms. The molecule has 2 rings (SSSR count). The van der Waals surface area contributed by atoms with E-state index in [-0.39, 0.29) is 13.1 Å². The van der Waals surface area contributed by atoms with Gasteiger partial charge in [0.15, 0.2) is 0 Å². The largest absolute Gasteiger partial charge is 0.492 e. The highest BCUT2D eigenvalue weighted by Gasteiger charge is 2.02. The lowest BCUT2D eigenvalue weighted by molar-refractivity contribution is -0.136. The summed E-state index contributed by atoms with van der Waals surface area (Å²) in [5, 5.41) is 16.6. The van der Waals surface area contributed by atoms with E-state index >= 15 is 0 Å². The Morgan fingerprint density at radius 2 is 2.04 bits per heavy atom. The highest BCUT2D eigenvalue weighted by Crippen LogP contribution is 2.13. The van der Waals surface area contributed by atoms with Crippen LogP contribution in [0.1, 0.15) is 24.1 Å². The molecule has 0 aliphatic rings. The van der Waals surface area contributed by atoms with Gasteiger partial charge < -0.3 is 9.84 Å². The summed E-state index contributed by atoms with van der Waals surface area (Å²) in [5.41, 5.74) is 1.75. The van der Waals surface area contributed by atoms with E-state index in [1.165, 1.54) is 0 Å². The Morgan fingerprint density at radius 3 is 2.74 bits per heavy atom. The smallest absolute Gasteiger partial charge is 0.303 e. The quantitative estimate of drug-likeness (QED) is 0.726. The number of carboxylic acids is 1. The van der Waals surface area contributed by atoms with Crippen LogP contribution in [0.2, 0.25) is 0 Å². The first-order chi connectivity index (χ1) is 11.2. The molecule has 0 amide bonds. The number of carbonyl (C=O) groups is 1. The maximum Gasteiger partial charge on any atom is 0.303 e. The Morgan fingerprint density at radius 1 is 1.26 bits per heavy atom. The molecule has 0 radical (unpaired) electrons. The van der Waals surface area contributed by atoms with Crippen LogP contribution in [0.3, 0.4) is 0 Å². The summed E-state index contributed by atoms with van der Waals surface area (Å²) in [4.78, 5) is 10.5. The zero-order valence-electron chi connectivity index (χ0n) is 12.8. The molecule has 1 aromatic carbocycles. The maximum absolute atomic E-state index is 12.1. The summed E-state index contributed by atoms with van der Waals surface area (Å²) >= 11 is 0. The summed E-state index contributed by atoms with van der Waals surface area (Å²) in [6.45, 7) is 0.655. The Kier molecular flexibility index (Phi) is 6.53. The van der Waals surface area contributed by atoms with Crippen LogP contribution in [0.5, 0.6) is 5.75 Å². The van der Waals surface area contributed by atoms with Crippen molar-refractivity contribution < 1.29 is 19.0 Å². The number of aliphatic carboxylic acids is 1. The summed E-state index contributed by atoms with van der Waals surface area (Å²) < 4.78 is 19.4. The maximum atomic E-state index is 12.1. The van der Waals surface area contributed by atoms with Crippen molar-refractivity contribution in [1.82, 2.24) is 15.0 Å². The fourth-order valence-electron chi connectivity index (χ4n) is 2.07. The lowest BCUT2D eigenvalue weighted by Gasteiger charge is -2.06. The molecule has 0 atom stereocenters. The van der Waals surface area contributed by atoms with Crippen molar-refractivity contribution in [2.24, 2.45) is 0 Å². The number of aromatic nitrogens is 3. The van der Waals surface area contributed by atoms with E-state index in [4.69, 9.17) is 9.84 Å². The van der Waals surface area contributed by atoms with E-state index in [0.29, 0.717) is 32.4 Å². The number of ether oxygens (including phenoxy) is 1. The van der Waals surface area contributed by atoms with Gasteiger partial charge in [-0.3, -0.25) is 9.18 Å². The van der Waals surface area contributed by atoms with Gasteiger partial charge in [0.25, 0.3) is 0 Å². The molecule has 1 aromatic heterocycles. The van der Waals surface area contributed by atoms with Crippen molar-refractivity contribution in [3.8, 4) is 5.75 Å². The third-order valence-corrected chi connectivity index (χ3v) is 3.29. The van der Waals surface area contributed by atoms with Crippen LogP contribution < -0.4 is 4.74 Å². The van der Waals surface area contributed by atoms with Gasteiger partial charge in [0.1, 0.15) is 12.4 Å². The number of halogens is 1. The summed E-state index contributed by atoms with van der Waals surface area (Å²) in [6.07, 6.45) is 3.49. The molecule has 0 bridgehead atoms. The number of benzene rings is 1. The van der Waals surface area contributed by atoms with Gasteiger partial charge >= 0.3 is 5.97 Å². The van der Waals surface area contributed by atoms with Gasteiger partial charge in [-0.25, -0.2) is 4.68 Å². The van der Waals surface area contributed by atoms with Crippen molar-refractivity contribution in [2.45, 2.75) is 32.2 Å². The first-order valence-electron chi connectivity index (χ1n) is 7.56. The van der Waals surface area contributed by atoms with Crippen LogP contribution in [0.4, 0.5) is 4.39 Å². The van der Waals surface area contributed by atoms with E-state index in [1.807, 2.05) is 24.3 Å². The number of hydrogen-bond donors (Lipinski definition) is 1. The predicted molar refractivity (Wildman–Crippen MR) is 82.2 cm³/mol. The van der Waals surface area contributed by atoms with Gasteiger partial charge in [-0.1, -0.05) is 17.3 Å². The number of hydrogen-bond acceptors (Lipinski definition) is 4. The average molecular weight is 321 g/mol. The molecule has 0 spiro atoms.